The van der Waals surface area contributed by atoms with E-state index in [1.807, 2.05) is 0 Å². The molecule has 4 atom stereocenters. The van der Waals surface area contributed by atoms with E-state index in [1.165, 1.54) is 12.1 Å². The van der Waals surface area contributed by atoms with Crippen molar-refractivity contribution in [3.63, 3.8) is 0 Å². The Labute approximate surface area is 119 Å². The van der Waals surface area contributed by atoms with E-state index < -0.39 is 42.8 Å². The van der Waals surface area contributed by atoms with Gasteiger partial charge in [-0.1, -0.05) is 12.1 Å². The summed E-state index contributed by atoms with van der Waals surface area (Å²) in [7, 11) is 0. The normalized spacial score (nSPS) is 32.4. The number of alkyl halides is 1. The molecule has 1 aromatic carbocycles. The first-order valence-electron chi connectivity index (χ1n) is 6.57. The molecule has 2 aliphatic heterocycles. The van der Waals surface area contributed by atoms with Crippen LogP contribution in [0.25, 0.3) is 0 Å². The smallest absolute Gasteiger partial charge is 0.261 e. The van der Waals surface area contributed by atoms with Crippen molar-refractivity contribution in [2.45, 2.75) is 24.4 Å². The molecule has 21 heavy (non-hydrogen) atoms. The Morgan fingerprint density at radius 1 is 1.14 bits per heavy atom. The van der Waals surface area contributed by atoms with Crippen molar-refractivity contribution in [1.82, 2.24) is 4.90 Å². The van der Waals surface area contributed by atoms with Crippen LogP contribution in [0, 0.1) is 0 Å². The Morgan fingerprint density at radius 2 is 1.71 bits per heavy atom. The summed E-state index contributed by atoms with van der Waals surface area (Å²) in [6, 6.07) is 5.28. The van der Waals surface area contributed by atoms with E-state index >= 15 is 0 Å². The van der Waals surface area contributed by atoms with Crippen LogP contribution in [-0.2, 0) is 4.74 Å². The van der Waals surface area contributed by atoms with Crippen LogP contribution in [0.4, 0.5) is 4.39 Å². The highest BCUT2D eigenvalue weighted by Crippen LogP contribution is 2.29. The van der Waals surface area contributed by atoms with E-state index in [4.69, 9.17) is 4.74 Å². The van der Waals surface area contributed by atoms with E-state index in [1.54, 1.807) is 12.1 Å². The van der Waals surface area contributed by atoms with Crippen molar-refractivity contribution in [3.05, 3.63) is 35.4 Å². The molecular weight excluding hydrogens is 281 g/mol. The number of rotatable bonds is 2. The van der Waals surface area contributed by atoms with Gasteiger partial charge < -0.3 is 14.9 Å². The molecule has 1 saturated heterocycles. The second-order valence-corrected chi connectivity index (χ2v) is 5.10. The lowest BCUT2D eigenvalue weighted by Crippen LogP contribution is -2.60. The molecule has 2 heterocycles. The number of imide groups is 1. The molecule has 0 radical (unpaired) electrons. The molecule has 0 bridgehead atoms. The standard InChI is InChI=1S/C14H14FNO5/c15-5-10-12(18)11(17)9(6-21-10)16-13(19)7-3-1-2-4-8(7)14(16)20/h1-4,9-12,17-18H,5-6H2/t9-,10+,11+,12+/m0/s1. The Morgan fingerprint density at radius 3 is 2.24 bits per heavy atom. The number of hydrogen-bond donors (Lipinski definition) is 2. The molecule has 7 heteroatoms. The number of benzene rings is 1. The van der Waals surface area contributed by atoms with E-state index in [0.717, 1.165) is 4.90 Å². The van der Waals surface area contributed by atoms with Crippen LogP contribution in [-0.4, -0.2) is 64.6 Å². The monoisotopic (exact) mass is 295 g/mol. The van der Waals surface area contributed by atoms with E-state index in [0.29, 0.717) is 0 Å². The lowest BCUT2D eigenvalue weighted by Gasteiger charge is -2.39. The summed E-state index contributed by atoms with van der Waals surface area (Å²) in [5.74, 6) is -1.09. The number of nitrogens with zero attached hydrogens (tertiary/aromatic N) is 1. The Balaban J connectivity index is 1.89. The van der Waals surface area contributed by atoms with Crippen LogP contribution in [0.5, 0.6) is 0 Å². The zero-order valence-electron chi connectivity index (χ0n) is 11.0. The molecule has 2 amide bonds. The SMILES string of the molecule is O=C1c2ccccc2C(=O)N1[C@H]1CO[C@H](CF)[C@@H](O)[C@@H]1O. The van der Waals surface area contributed by atoms with Crippen LogP contribution >= 0.6 is 0 Å². The molecule has 3 rings (SSSR count). The number of carbonyl (C=O) groups excluding carboxylic acids is 2. The number of fused-ring (bicyclic) bond motifs is 1. The summed E-state index contributed by atoms with van der Waals surface area (Å²) < 4.78 is 17.7. The maximum atomic E-state index is 12.6. The molecule has 2 N–H and O–H groups in total. The fraction of sp³-hybridized carbons (Fsp3) is 0.429. The number of carbonyl (C=O) groups is 2. The lowest BCUT2D eigenvalue weighted by molar-refractivity contribution is -0.165. The van der Waals surface area contributed by atoms with E-state index in [9.17, 15) is 24.2 Å². The van der Waals surface area contributed by atoms with Crippen molar-refractivity contribution >= 4 is 11.8 Å². The van der Waals surface area contributed by atoms with Crippen LogP contribution in [0.2, 0.25) is 0 Å². The predicted octanol–water partition coefficient (Wildman–Crippen LogP) is -0.259. The Kier molecular flexibility index (Phi) is 3.48. The van der Waals surface area contributed by atoms with Crippen LogP contribution in [0.15, 0.2) is 24.3 Å². The summed E-state index contributed by atoms with van der Waals surface area (Å²) in [5, 5.41) is 19.9. The maximum absolute atomic E-state index is 12.6. The molecule has 0 aliphatic carbocycles. The van der Waals surface area contributed by atoms with Crippen molar-refractivity contribution in [2.24, 2.45) is 0 Å². The number of aliphatic hydroxyl groups is 2. The highest BCUT2D eigenvalue weighted by molar-refractivity contribution is 6.21. The zero-order valence-corrected chi connectivity index (χ0v) is 11.0. The van der Waals surface area contributed by atoms with Gasteiger partial charge in [0.25, 0.3) is 11.8 Å². The Hall–Kier alpha value is -1.83. The topological polar surface area (TPSA) is 87.1 Å². The van der Waals surface area contributed by atoms with Crippen molar-refractivity contribution in [1.29, 1.82) is 0 Å². The van der Waals surface area contributed by atoms with Gasteiger partial charge >= 0.3 is 0 Å². The van der Waals surface area contributed by atoms with Gasteiger partial charge in [0.2, 0.25) is 0 Å². The molecule has 1 fully saturated rings. The molecule has 112 valence electrons. The van der Waals surface area contributed by atoms with Gasteiger partial charge in [0.15, 0.2) is 0 Å². The summed E-state index contributed by atoms with van der Waals surface area (Å²) in [5.41, 5.74) is 0.494. The quantitative estimate of drug-likeness (QED) is 0.734. The predicted molar refractivity (Wildman–Crippen MR) is 68.5 cm³/mol. The van der Waals surface area contributed by atoms with Gasteiger partial charge in [-0.05, 0) is 12.1 Å². The van der Waals surface area contributed by atoms with Gasteiger partial charge in [-0.25, -0.2) is 4.39 Å². The molecule has 0 unspecified atom stereocenters. The third kappa shape index (κ3) is 2.05. The molecule has 2 aliphatic rings. The highest BCUT2D eigenvalue weighted by atomic mass is 19.1. The van der Waals surface area contributed by atoms with Gasteiger partial charge in [0.1, 0.15) is 25.0 Å². The van der Waals surface area contributed by atoms with Crippen molar-refractivity contribution in [3.8, 4) is 0 Å². The molecule has 6 nitrogen and oxygen atoms in total. The largest absolute Gasteiger partial charge is 0.388 e. The number of amides is 2. The Bertz CT molecular complexity index is 557. The first-order chi connectivity index (χ1) is 10.1. The number of hydrogen-bond acceptors (Lipinski definition) is 5. The summed E-state index contributed by atoms with van der Waals surface area (Å²) in [6.07, 6.45) is -4.08. The minimum absolute atomic E-state index is 0.210. The van der Waals surface area contributed by atoms with Crippen molar-refractivity contribution in [2.75, 3.05) is 13.3 Å². The zero-order chi connectivity index (χ0) is 15.1. The average Bonchev–Trinajstić information content (AvgIpc) is 2.75. The fourth-order valence-corrected chi connectivity index (χ4v) is 2.74. The fourth-order valence-electron chi connectivity index (χ4n) is 2.74. The number of halogens is 1. The second-order valence-electron chi connectivity index (χ2n) is 5.10. The van der Waals surface area contributed by atoms with E-state index in [2.05, 4.69) is 0 Å². The minimum Gasteiger partial charge on any atom is -0.388 e. The minimum atomic E-state index is -1.49. The van der Waals surface area contributed by atoms with Crippen molar-refractivity contribution < 1.29 is 28.9 Å². The first kappa shape index (κ1) is 14.1. The molecule has 0 saturated carbocycles. The first-order valence-corrected chi connectivity index (χ1v) is 6.57. The van der Waals surface area contributed by atoms with Gasteiger partial charge in [-0.3, -0.25) is 14.5 Å². The summed E-state index contributed by atoms with van der Waals surface area (Å²) >= 11 is 0. The maximum Gasteiger partial charge on any atom is 0.261 e. The van der Waals surface area contributed by atoms with E-state index in [-0.39, 0.29) is 17.7 Å². The molecule has 0 aromatic heterocycles. The van der Waals surface area contributed by atoms with Gasteiger partial charge in [0, 0.05) is 0 Å². The summed E-state index contributed by atoms with van der Waals surface area (Å²) in [4.78, 5) is 25.5. The van der Waals surface area contributed by atoms with Crippen LogP contribution in [0.3, 0.4) is 0 Å². The average molecular weight is 295 g/mol. The van der Waals surface area contributed by atoms with Crippen LogP contribution < -0.4 is 0 Å². The molecular formula is C14H14FNO5. The second kappa shape index (κ2) is 5.18. The van der Waals surface area contributed by atoms with Crippen LogP contribution in [0.1, 0.15) is 20.7 Å². The summed E-state index contributed by atoms with van der Waals surface area (Å²) in [6.45, 7) is -1.16. The van der Waals surface area contributed by atoms with Gasteiger partial charge in [-0.2, -0.15) is 0 Å². The number of ether oxygens (including phenoxy) is 1. The third-order valence-corrected chi connectivity index (χ3v) is 3.92. The van der Waals surface area contributed by atoms with Gasteiger partial charge in [0.05, 0.1) is 23.8 Å². The lowest BCUT2D eigenvalue weighted by atomic mass is 9.97. The number of aliphatic hydroxyl groups excluding tert-OH is 2. The highest BCUT2D eigenvalue weighted by Gasteiger charge is 2.48. The molecule has 0 spiro atoms. The van der Waals surface area contributed by atoms with Gasteiger partial charge in [-0.15, -0.1) is 0 Å². The third-order valence-electron chi connectivity index (χ3n) is 3.92. The molecule has 1 aromatic rings.